The zero-order valence-corrected chi connectivity index (χ0v) is 8.67. The molecule has 1 unspecified atom stereocenters. The normalized spacial score (nSPS) is 11.4. The zero-order chi connectivity index (χ0) is 10.2. The van der Waals surface area contributed by atoms with E-state index in [0.29, 0.717) is 0 Å². The first-order valence-corrected chi connectivity index (χ1v) is 5.42. The van der Waals surface area contributed by atoms with Gasteiger partial charge in [-0.1, -0.05) is 36.4 Å². The Morgan fingerprint density at radius 1 is 1.43 bits per heavy atom. The van der Waals surface area contributed by atoms with Crippen molar-refractivity contribution in [3.63, 3.8) is 0 Å². The highest BCUT2D eigenvalue weighted by Crippen LogP contribution is 2.28. The van der Waals surface area contributed by atoms with Crippen LogP contribution in [-0.2, 0) is 4.79 Å². The van der Waals surface area contributed by atoms with Crippen LogP contribution in [0.15, 0.2) is 49.1 Å². The van der Waals surface area contributed by atoms with Gasteiger partial charge in [0.1, 0.15) is 5.94 Å². The Labute approximate surface area is 88.5 Å². The van der Waals surface area contributed by atoms with E-state index in [0.717, 1.165) is 11.3 Å². The van der Waals surface area contributed by atoms with E-state index < -0.39 is 0 Å². The summed E-state index contributed by atoms with van der Waals surface area (Å²) in [5.41, 5.74) is 1.13. The van der Waals surface area contributed by atoms with Crippen molar-refractivity contribution >= 4 is 17.7 Å². The predicted octanol–water partition coefficient (Wildman–Crippen LogP) is 3.03. The number of carbonyl (C=O) groups excluding carboxylic acids is 1. The molecule has 0 aliphatic heterocycles. The monoisotopic (exact) mass is 204 g/mol. The average molecular weight is 204 g/mol. The van der Waals surface area contributed by atoms with E-state index >= 15 is 0 Å². The van der Waals surface area contributed by atoms with Gasteiger partial charge in [0.15, 0.2) is 0 Å². The summed E-state index contributed by atoms with van der Waals surface area (Å²) in [4.78, 5) is 10.3. The maximum Gasteiger partial charge on any atom is 0.121 e. The molecule has 0 amide bonds. The molecule has 0 radical (unpaired) electrons. The molecule has 0 saturated carbocycles. The summed E-state index contributed by atoms with van der Waals surface area (Å²) in [6.07, 6.45) is 3.38. The van der Waals surface area contributed by atoms with Gasteiger partial charge in [0.25, 0.3) is 0 Å². The largest absolute Gasteiger partial charge is 0.234 e. The van der Waals surface area contributed by atoms with Crippen molar-refractivity contribution in [1.82, 2.24) is 0 Å². The summed E-state index contributed by atoms with van der Waals surface area (Å²) in [6.45, 7) is 3.65. The zero-order valence-electron chi connectivity index (χ0n) is 7.85. The highest BCUT2D eigenvalue weighted by Gasteiger charge is 2.06. The Morgan fingerprint density at radius 3 is 2.71 bits per heavy atom. The lowest BCUT2D eigenvalue weighted by molar-refractivity contribution is 0.568. The number of hydrogen-bond acceptors (Lipinski definition) is 2. The molecule has 0 aromatic heterocycles. The Balaban J connectivity index is 2.77. The summed E-state index contributed by atoms with van der Waals surface area (Å²) in [5, 5.41) is 0.0895. The molecule has 2 heteroatoms. The van der Waals surface area contributed by atoms with Gasteiger partial charge >= 0.3 is 0 Å². The molecule has 0 spiro atoms. The molecule has 1 atom stereocenters. The van der Waals surface area contributed by atoms with Gasteiger partial charge in [-0.05, 0) is 5.56 Å². The van der Waals surface area contributed by atoms with Crippen LogP contribution in [0.2, 0.25) is 0 Å². The second-order valence-corrected chi connectivity index (χ2v) is 3.91. The minimum Gasteiger partial charge on any atom is -0.234 e. The van der Waals surface area contributed by atoms with E-state index in [-0.39, 0.29) is 5.25 Å². The first kappa shape index (κ1) is 10.8. The average Bonchev–Trinajstić information content (AvgIpc) is 2.25. The molecule has 1 aromatic carbocycles. The standard InChI is InChI=1S/C12H12OS/c1-2-10-14-12(8-9-13)11-6-4-3-5-7-11/h2-8,12H,1,10H2. The maximum absolute atomic E-state index is 10.3. The van der Waals surface area contributed by atoms with Gasteiger partial charge in [0, 0.05) is 11.8 Å². The number of rotatable bonds is 5. The maximum atomic E-state index is 10.3. The molecule has 1 nitrogen and oxygen atoms in total. The molecule has 1 aromatic rings. The SMILES string of the molecule is C=CCSC(C=C=O)c1ccccc1. The first-order chi connectivity index (χ1) is 6.88. The van der Waals surface area contributed by atoms with E-state index in [1.54, 1.807) is 17.8 Å². The quantitative estimate of drug-likeness (QED) is 0.541. The van der Waals surface area contributed by atoms with Gasteiger partial charge in [-0.3, -0.25) is 0 Å². The van der Waals surface area contributed by atoms with Gasteiger partial charge < -0.3 is 0 Å². The van der Waals surface area contributed by atoms with Crippen molar-refractivity contribution in [2.75, 3.05) is 5.75 Å². The Bertz CT molecular complexity index is 325. The molecule has 1 rings (SSSR count). The van der Waals surface area contributed by atoms with Crippen molar-refractivity contribution in [3.05, 3.63) is 54.6 Å². The van der Waals surface area contributed by atoms with Crippen LogP contribution in [-0.4, -0.2) is 11.7 Å². The summed E-state index contributed by atoms with van der Waals surface area (Å²) in [6, 6.07) is 9.91. The molecular formula is C12H12OS. The second kappa shape index (κ2) is 6.25. The minimum atomic E-state index is 0.0895. The van der Waals surface area contributed by atoms with Crippen LogP contribution in [0, 0.1) is 0 Å². The molecular weight excluding hydrogens is 192 g/mol. The topological polar surface area (TPSA) is 17.1 Å². The summed E-state index contributed by atoms with van der Waals surface area (Å²) in [7, 11) is 0. The lowest BCUT2D eigenvalue weighted by Crippen LogP contribution is -1.90. The molecule has 72 valence electrons. The van der Waals surface area contributed by atoms with E-state index in [9.17, 15) is 4.79 Å². The first-order valence-electron chi connectivity index (χ1n) is 4.37. The van der Waals surface area contributed by atoms with Crippen LogP contribution in [0.1, 0.15) is 10.8 Å². The predicted molar refractivity (Wildman–Crippen MR) is 62.1 cm³/mol. The Morgan fingerprint density at radius 2 is 2.14 bits per heavy atom. The van der Waals surface area contributed by atoms with Crippen LogP contribution in [0.4, 0.5) is 0 Å². The fraction of sp³-hybridized carbons (Fsp3) is 0.167. The fourth-order valence-corrected chi connectivity index (χ4v) is 1.96. The molecule has 0 aliphatic rings. The van der Waals surface area contributed by atoms with Crippen molar-refractivity contribution in [2.24, 2.45) is 0 Å². The minimum absolute atomic E-state index is 0.0895. The van der Waals surface area contributed by atoms with Crippen LogP contribution >= 0.6 is 11.8 Å². The van der Waals surface area contributed by atoms with Gasteiger partial charge in [-0.15, -0.1) is 18.3 Å². The molecule has 0 heterocycles. The summed E-state index contributed by atoms with van der Waals surface area (Å²) in [5.74, 6) is 2.68. The molecule has 0 fully saturated rings. The molecule has 14 heavy (non-hydrogen) atoms. The van der Waals surface area contributed by atoms with Gasteiger partial charge in [0.05, 0.1) is 5.25 Å². The molecule has 0 saturated heterocycles. The molecule has 0 aliphatic carbocycles. The third-order valence-electron chi connectivity index (χ3n) is 1.74. The fourth-order valence-electron chi connectivity index (χ4n) is 1.12. The van der Waals surface area contributed by atoms with Crippen LogP contribution in [0.5, 0.6) is 0 Å². The smallest absolute Gasteiger partial charge is 0.121 e. The van der Waals surface area contributed by atoms with Crippen LogP contribution < -0.4 is 0 Å². The third kappa shape index (κ3) is 3.25. The summed E-state index contributed by atoms with van der Waals surface area (Å²) >= 11 is 1.66. The third-order valence-corrected chi connectivity index (χ3v) is 2.94. The van der Waals surface area contributed by atoms with Crippen molar-refractivity contribution in [2.45, 2.75) is 5.25 Å². The summed E-state index contributed by atoms with van der Waals surface area (Å²) < 4.78 is 0. The van der Waals surface area contributed by atoms with E-state index in [4.69, 9.17) is 0 Å². The highest BCUT2D eigenvalue weighted by atomic mass is 32.2. The highest BCUT2D eigenvalue weighted by molar-refractivity contribution is 7.99. The van der Waals surface area contributed by atoms with E-state index in [1.165, 1.54) is 0 Å². The van der Waals surface area contributed by atoms with Crippen molar-refractivity contribution in [1.29, 1.82) is 0 Å². The van der Waals surface area contributed by atoms with E-state index in [1.807, 2.05) is 42.3 Å². The van der Waals surface area contributed by atoms with Crippen LogP contribution in [0.3, 0.4) is 0 Å². The molecule has 0 bridgehead atoms. The second-order valence-electron chi connectivity index (χ2n) is 2.74. The van der Waals surface area contributed by atoms with Crippen molar-refractivity contribution in [3.8, 4) is 0 Å². The lowest BCUT2D eigenvalue weighted by atomic mass is 10.1. The van der Waals surface area contributed by atoms with Gasteiger partial charge in [0.2, 0.25) is 0 Å². The van der Waals surface area contributed by atoms with Gasteiger partial charge in [-0.2, -0.15) is 0 Å². The van der Waals surface area contributed by atoms with Crippen LogP contribution in [0.25, 0.3) is 0 Å². The van der Waals surface area contributed by atoms with Gasteiger partial charge in [-0.25, -0.2) is 4.79 Å². The number of benzene rings is 1. The number of hydrogen-bond donors (Lipinski definition) is 0. The van der Waals surface area contributed by atoms with Crippen molar-refractivity contribution < 1.29 is 4.79 Å². The Hall–Kier alpha value is -1.24. The Kier molecular flexibility index (Phi) is 4.84. The lowest BCUT2D eigenvalue weighted by Gasteiger charge is -2.09. The molecule has 0 N–H and O–H groups in total. The number of thioether (sulfide) groups is 1. The van der Waals surface area contributed by atoms with E-state index in [2.05, 4.69) is 6.58 Å².